The van der Waals surface area contributed by atoms with Crippen LogP contribution < -0.4 is 5.73 Å². The highest BCUT2D eigenvalue weighted by molar-refractivity contribution is 5.19. The largest absolute Gasteiger partial charge is 0.350 e. The Bertz CT molecular complexity index is 432. The van der Waals surface area contributed by atoms with Crippen LogP contribution in [0.2, 0.25) is 0 Å². The summed E-state index contributed by atoms with van der Waals surface area (Å²) in [6, 6.07) is 11.3. The minimum atomic E-state index is -0.458. The maximum atomic E-state index is 6.07. The van der Waals surface area contributed by atoms with Gasteiger partial charge in [0.2, 0.25) is 0 Å². The van der Waals surface area contributed by atoms with E-state index < -0.39 is 5.79 Å². The van der Waals surface area contributed by atoms with Gasteiger partial charge in [-0.2, -0.15) is 0 Å². The molecule has 2 N–H and O–H groups in total. The van der Waals surface area contributed by atoms with E-state index in [0.717, 1.165) is 19.4 Å². The second-order valence-corrected chi connectivity index (χ2v) is 5.94. The van der Waals surface area contributed by atoms with Crippen LogP contribution in [0.4, 0.5) is 0 Å². The molecular weight excluding hydrogens is 276 g/mol. The first-order chi connectivity index (χ1) is 10.7. The first-order valence-corrected chi connectivity index (χ1v) is 8.44. The molecule has 1 heterocycles. The minimum Gasteiger partial charge on any atom is -0.350 e. The van der Waals surface area contributed by atoms with E-state index in [2.05, 4.69) is 42.2 Å². The van der Waals surface area contributed by atoms with Gasteiger partial charge >= 0.3 is 0 Å². The minimum absolute atomic E-state index is 0.280. The van der Waals surface area contributed by atoms with Gasteiger partial charge in [-0.15, -0.1) is 0 Å². The average molecular weight is 306 g/mol. The summed E-state index contributed by atoms with van der Waals surface area (Å²) >= 11 is 0. The summed E-state index contributed by atoms with van der Waals surface area (Å²) in [6.07, 6.45) is 1.73. The average Bonchev–Trinajstić information content (AvgIpc) is 2.55. The molecule has 4 heteroatoms. The van der Waals surface area contributed by atoms with E-state index in [1.807, 2.05) is 13.8 Å². The first kappa shape index (κ1) is 17.4. The fourth-order valence-electron chi connectivity index (χ4n) is 3.54. The van der Waals surface area contributed by atoms with Gasteiger partial charge in [0.25, 0.3) is 0 Å². The zero-order chi connectivity index (χ0) is 16.0. The molecule has 0 amide bonds. The number of ether oxygens (including phenoxy) is 2. The van der Waals surface area contributed by atoms with Crippen LogP contribution in [0.3, 0.4) is 0 Å². The van der Waals surface area contributed by atoms with Crippen molar-refractivity contribution >= 4 is 0 Å². The molecule has 1 unspecified atom stereocenters. The van der Waals surface area contributed by atoms with E-state index in [-0.39, 0.29) is 6.04 Å². The number of piperidine rings is 1. The Hall–Kier alpha value is -0.940. The zero-order valence-electron chi connectivity index (χ0n) is 14.1. The van der Waals surface area contributed by atoms with Crippen molar-refractivity contribution in [3.05, 3.63) is 35.9 Å². The predicted molar refractivity (Wildman–Crippen MR) is 89.6 cm³/mol. The summed E-state index contributed by atoms with van der Waals surface area (Å²) in [6.45, 7) is 9.22. The molecule has 0 saturated carbocycles. The highest BCUT2D eigenvalue weighted by Crippen LogP contribution is 2.35. The molecule has 0 bridgehead atoms. The SMILES string of the molecule is CCOC1(OCC)CCN([C@@H](C)c2ccccc2)C(CN)C1. The van der Waals surface area contributed by atoms with Gasteiger partial charge in [0.1, 0.15) is 0 Å². The van der Waals surface area contributed by atoms with Crippen LogP contribution in [-0.2, 0) is 9.47 Å². The molecule has 0 aliphatic carbocycles. The number of rotatable bonds is 7. The molecule has 22 heavy (non-hydrogen) atoms. The first-order valence-electron chi connectivity index (χ1n) is 8.44. The van der Waals surface area contributed by atoms with Crippen LogP contribution in [0.15, 0.2) is 30.3 Å². The molecule has 0 spiro atoms. The third kappa shape index (κ3) is 3.87. The molecule has 2 atom stereocenters. The molecule has 0 radical (unpaired) electrons. The summed E-state index contributed by atoms with van der Waals surface area (Å²) in [4.78, 5) is 2.49. The van der Waals surface area contributed by atoms with E-state index in [1.165, 1.54) is 5.56 Å². The Morgan fingerprint density at radius 1 is 1.23 bits per heavy atom. The number of nitrogens with zero attached hydrogens (tertiary/aromatic N) is 1. The standard InChI is InChI=1S/C18H30N2O2/c1-4-21-18(22-5-2)11-12-20(17(13-18)14-19)15(3)16-9-7-6-8-10-16/h6-10,15,17H,4-5,11-14,19H2,1-3H3/t15-,17?/m0/s1. The number of hydrogen-bond donors (Lipinski definition) is 1. The molecule has 2 rings (SSSR count). The van der Waals surface area contributed by atoms with Gasteiger partial charge in [0.15, 0.2) is 5.79 Å². The summed E-state index contributed by atoms with van der Waals surface area (Å²) in [7, 11) is 0. The molecule has 1 aromatic rings. The molecule has 1 aliphatic heterocycles. The van der Waals surface area contributed by atoms with E-state index in [4.69, 9.17) is 15.2 Å². The van der Waals surface area contributed by atoms with Crippen LogP contribution >= 0.6 is 0 Å². The smallest absolute Gasteiger partial charge is 0.170 e. The fraction of sp³-hybridized carbons (Fsp3) is 0.667. The maximum absolute atomic E-state index is 6.07. The third-order valence-electron chi connectivity index (χ3n) is 4.63. The lowest BCUT2D eigenvalue weighted by Gasteiger charge is -2.47. The lowest BCUT2D eigenvalue weighted by molar-refractivity contribution is -0.262. The maximum Gasteiger partial charge on any atom is 0.170 e. The van der Waals surface area contributed by atoms with E-state index in [1.54, 1.807) is 0 Å². The van der Waals surface area contributed by atoms with Crippen molar-refractivity contribution in [1.29, 1.82) is 0 Å². The fourth-order valence-corrected chi connectivity index (χ4v) is 3.54. The van der Waals surface area contributed by atoms with Crippen molar-refractivity contribution < 1.29 is 9.47 Å². The number of nitrogens with two attached hydrogens (primary N) is 1. The Labute approximate surface area is 134 Å². The summed E-state index contributed by atoms with van der Waals surface area (Å²) in [5.74, 6) is -0.458. The molecule has 1 fully saturated rings. The monoisotopic (exact) mass is 306 g/mol. The van der Waals surface area contributed by atoms with Crippen molar-refractivity contribution in [3.63, 3.8) is 0 Å². The van der Waals surface area contributed by atoms with Crippen LogP contribution in [0, 0.1) is 0 Å². The van der Waals surface area contributed by atoms with Crippen molar-refractivity contribution in [1.82, 2.24) is 4.90 Å². The van der Waals surface area contributed by atoms with Crippen LogP contribution in [0.25, 0.3) is 0 Å². The molecule has 124 valence electrons. The number of likely N-dealkylation sites (tertiary alicyclic amines) is 1. The molecule has 1 saturated heterocycles. The Balaban J connectivity index is 2.12. The lowest BCUT2D eigenvalue weighted by atomic mass is 9.92. The van der Waals surface area contributed by atoms with Crippen LogP contribution in [0.5, 0.6) is 0 Å². The summed E-state index contributed by atoms with van der Waals surface area (Å²) in [5, 5.41) is 0. The van der Waals surface area contributed by atoms with Crippen LogP contribution in [0.1, 0.15) is 45.2 Å². The van der Waals surface area contributed by atoms with Crippen molar-refractivity contribution in [2.24, 2.45) is 5.73 Å². The molecule has 1 aromatic carbocycles. The lowest BCUT2D eigenvalue weighted by Crippen LogP contribution is -2.55. The summed E-state index contributed by atoms with van der Waals surface area (Å²) in [5.41, 5.74) is 7.40. The number of benzene rings is 1. The van der Waals surface area contributed by atoms with E-state index in [0.29, 0.717) is 25.8 Å². The van der Waals surface area contributed by atoms with Gasteiger partial charge in [-0.3, -0.25) is 4.90 Å². The van der Waals surface area contributed by atoms with Gasteiger partial charge in [0, 0.05) is 51.2 Å². The number of hydrogen-bond acceptors (Lipinski definition) is 4. The highest BCUT2D eigenvalue weighted by atomic mass is 16.7. The topological polar surface area (TPSA) is 47.7 Å². The molecule has 1 aliphatic rings. The Kier molecular flexibility index (Phi) is 6.38. The second kappa shape index (κ2) is 8.06. The molecule has 4 nitrogen and oxygen atoms in total. The van der Waals surface area contributed by atoms with Gasteiger partial charge in [-0.05, 0) is 26.3 Å². The third-order valence-corrected chi connectivity index (χ3v) is 4.63. The van der Waals surface area contributed by atoms with Crippen molar-refractivity contribution in [2.75, 3.05) is 26.3 Å². The zero-order valence-corrected chi connectivity index (χ0v) is 14.1. The van der Waals surface area contributed by atoms with Gasteiger partial charge in [-0.25, -0.2) is 0 Å². The molecule has 0 aromatic heterocycles. The molecular formula is C18H30N2O2. The van der Waals surface area contributed by atoms with E-state index >= 15 is 0 Å². The van der Waals surface area contributed by atoms with Crippen molar-refractivity contribution in [2.45, 2.75) is 51.5 Å². The van der Waals surface area contributed by atoms with Crippen LogP contribution in [-0.4, -0.2) is 43.0 Å². The van der Waals surface area contributed by atoms with Crippen molar-refractivity contribution in [3.8, 4) is 0 Å². The summed E-state index contributed by atoms with van der Waals surface area (Å²) < 4.78 is 11.9. The second-order valence-electron chi connectivity index (χ2n) is 5.94. The quantitative estimate of drug-likeness (QED) is 0.787. The van der Waals surface area contributed by atoms with Gasteiger partial charge < -0.3 is 15.2 Å². The van der Waals surface area contributed by atoms with Gasteiger partial charge in [-0.1, -0.05) is 30.3 Å². The Morgan fingerprint density at radius 2 is 1.86 bits per heavy atom. The normalized spacial score (nSPS) is 23.4. The Morgan fingerprint density at radius 3 is 2.41 bits per heavy atom. The van der Waals surface area contributed by atoms with Gasteiger partial charge in [0.05, 0.1) is 0 Å². The highest BCUT2D eigenvalue weighted by Gasteiger charge is 2.42. The predicted octanol–water partition coefficient (Wildman–Crippen LogP) is 2.94. The van der Waals surface area contributed by atoms with E-state index in [9.17, 15) is 0 Å².